The number of nitrogens with zero attached hydrogens (tertiary/aromatic N) is 2. The van der Waals surface area contributed by atoms with Crippen LogP contribution in [0.5, 0.6) is 5.75 Å². The Labute approximate surface area is 181 Å². The molecule has 1 aliphatic heterocycles. The third-order valence-corrected chi connectivity index (χ3v) is 7.32. The monoisotopic (exact) mass is 440 g/mol. The van der Waals surface area contributed by atoms with Crippen molar-refractivity contribution < 1.29 is 23.1 Å². The lowest BCUT2D eigenvalue weighted by atomic mass is 10.0. The van der Waals surface area contributed by atoms with Crippen molar-refractivity contribution in [3.8, 4) is 17.0 Å². The molecule has 1 saturated heterocycles. The van der Waals surface area contributed by atoms with Crippen LogP contribution in [0.4, 0.5) is 0 Å². The number of pyridine rings is 1. The Morgan fingerprint density at radius 3 is 2.42 bits per heavy atom. The quantitative estimate of drug-likeness (QED) is 0.618. The fourth-order valence-electron chi connectivity index (χ4n) is 3.83. The summed E-state index contributed by atoms with van der Waals surface area (Å²) >= 11 is 0. The van der Waals surface area contributed by atoms with Gasteiger partial charge >= 0.3 is 5.97 Å². The van der Waals surface area contributed by atoms with E-state index in [1.807, 2.05) is 19.1 Å². The molecular weight excluding hydrogens is 416 g/mol. The zero-order valence-electron chi connectivity index (χ0n) is 17.2. The Morgan fingerprint density at radius 1 is 1.06 bits per heavy atom. The molecule has 0 bridgehead atoms. The summed E-state index contributed by atoms with van der Waals surface area (Å²) in [5.74, 6) is -0.412. The minimum absolute atomic E-state index is 0.0181. The van der Waals surface area contributed by atoms with E-state index in [0.717, 1.165) is 30.6 Å². The summed E-state index contributed by atoms with van der Waals surface area (Å²) in [6, 6.07) is 13.2. The van der Waals surface area contributed by atoms with Gasteiger partial charge in [0.05, 0.1) is 28.3 Å². The molecular formula is C23H24N2O5S. The average molecular weight is 441 g/mol. The number of sulfonamides is 1. The van der Waals surface area contributed by atoms with Gasteiger partial charge in [0.2, 0.25) is 10.0 Å². The number of piperidine rings is 1. The summed E-state index contributed by atoms with van der Waals surface area (Å²) in [5.41, 5.74) is 1.70. The number of fused-ring (bicyclic) bond motifs is 1. The van der Waals surface area contributed by atoms with E-state index >= 15 is 0 Å². The van der Waals surface area contributed by atoms with Crippen LogP contribution in [-0.2, 0) is 10.0 Å². The maximum Gasteiger partial charge on any atom is 0.336 e. The number of aromatic nitrogens is 1. The van der Waals surface area contributed by atoms with Crippen LogP contribution in [0, 0.1) is 0 Å². The predicted molar refractivity (Wildman–Crippen MR) is 118 cm³/mol. The summed E-state index contributed by atoms with van der Waals surface area (Å²) in [4.78, 5) is 16.7. The SMILES string of the molecule is CCOc1ccc(-c2cc(C(=O)O)c3cc(S(=O)(=O)N4CCCCC4)ccc3n2)cc1. The molecule has 1 fully saturated rings. The van der Waals surface area contributed by atoms with Crippen LogP contribution in [-0.4, -0.2) is 48.5 Å². The van der Waals surface area contributed by atoms with Gasteiger partial charge in [0.25, 0.3) is 0 Å². The number of ether oxygens (including phenoxy) is 1. The molecule has 2 aromatic carbocycles. The minimum atomic E-state index is -3.67. The number of benzene rings is 2. The molecule has 2 heterocycles. The van der Waals surface area contributed by atoms with E-state index in [9.17, 15) is 18.3 Å². The van der Waals surface area contributed by atoms with Crippen LogP contribution in [0.15, 0.2) is 53.4 Å². The Kier molecular flexibility index (Phi) is 5.93. The molecule has 0 saturated carbocycles. The first-order chi connectivity index (χ1) is 14.9. The fourth-order valence-corrected chi connectivity index (χ4v) is 5.38. The zero-order valence-corrected chi connectivity index (χ0v) is 18.1. The van der Waals surface area contributed by atoms with Crippen molar-refractivity contribution >= 4 is 26.9 Å². The second kappa shape index (κ2) is 8.64. The molecule has 0 spiro atoms. The van der Waals surface area contributed by atoms with Gasteiger partial charge in [-0.2, -0.15) is 4.31 Å². The molecule has 0 unspecified atom stereocenters. The highest BCUT2D eigenvalue weighted by Gasteiger charge is 2.27. The summed E-state index contributed by atoms with van der Waals surface area (Å²) in [6.07, 6.45) is 2.69. The highest BCUT2D eigenvalue weighted by Crippen LogP contribution is 2.29. The van der Waals surface area contributed by atoms with E-state index in [4.69, 9.17) is 4.74 Å². The standard InChI is InChI=1S/C23H24N2O5S/c1-2-30-17-8-6-16(7-9-17)22-15-20(23(26)27)19-14-18(10-11-21(19)24-22)31(28,29)25-12-4-3-5-13-25/h6-11,14-15H,2-5,12-13H2,1H3,(H,26,27). The molecule has 162 valence electrons. The van der Waals surface area contributed by atoms with Crippen molar-refractivity contribution in [1.82, 2.24) is 9.29 Å². The number of carbonyl (C=O) groups is 1. The molecule has 1 aliphatic rings. The zero-order chi connectivity index (χ0) is 22.0. The van der Waals surface area contributed by atoms with E-state index in [0.29, 0.717) is 36.3 Å². The first-order valence-corrected chi connectivity index (χ1v) is 11.8. The molecule has 1 aromatic heterocycles. The maximum absolute atomic E-state index is 13.0. The third-order valence-electron chi connectivity index (χ3n) is 5.42. The molecule has 0 atom stereocenters. The highest BCUT2D eigenvalue weighted by molar-refractivity contribution is 7.89. The normalized spacial score (nSPS) is 15.1. The second-order valence-electron chi connectivity index (χ2n) is 7.46. The first-order valence-electron chi connectivity index (χ1n) is 10.3. The van der Waals surface area contributed by atoms with Crippen LogP contribution in [0.25, 0.3) is 22.2 Å². The highest BCUT2D eigenvalue weighted by atomic mass is 32.2. The van der Waals surface area contributed by atoms with Crippen molar-refractivity contribution in [2.45, 2.75) is 31.1 Å². The van der Waals surface area contributed by atoms with Crippen LogP contribution in [0.3, 0.4) is 0 Å². The van der Waals surface area contributed by atoms with E-state index in [1.54, 1.807) is 18.2 Å². The Hall–Kier alpha value is -2.97. The van der Waals surface area contributed by atoms with Crippen molar-refractivity contribution in [3.05, 3.63) is 54.1 Å². The van der Waals surface area contributed by atoms with Crippen LogP contribution in [0.2, 0.25) is 0 Å². The Bertz CT molecular complexity index is 1220. The van der Waals surface area contributed by atoms with Crippen LogP contribution in [0.1, 0.15) is 36.5 Å². The molecule has 8 heteroatoms. The number of hydrogen-bond donors (Lipinski definition) is 1. The summed E-state index contributed by atoms with van der Waals surface area (Å²) in [7, 11) is -3.67. The van der Waals surface area contributed by atoms with Gasteiger partial charge in [-0.3, -0.25) is 0 Å². The van der Waals surface area contributed by atoms with Crippen molar-refractivity contribution in [2.24, 2.45) is 0 Å². The molecule has 0 radical (unpaired) electrons. The average Bonchev–Trinajstić information content (AvgIpc) is 2.79. The van der Waals surface area contributed by atoms with E-state index in [-0.39, 0.29) is 10.5 Å². The number of rotatable bonds is 6. The Balaban J connectivity index is 1.78. The van der Waals surface area contributed by atoms with E-state index in [2.05, 4.69) is 4.98 Å². The molecule has 3 aromatic rings. The van der Waals surface area contributed by atoms with Gasteiger partial charge < -0.3 is 9.84 Å². The van der Waals surface area contributed by atoms with Gasteiger partial charge in [-0.15, -0.1) is 0 Å². The lowest BCUT2D eigenvalue weighted by Gasteiger charge is -2.26. The fraction of sp³-hybridized carbons (Fsp3) is 0.304. The first kappa shape index (κ1) is 21.3. The minimum Gasteiger partial charge on any atom is -0.494 e. The number of carboxylic acids is 1. The molecule has 7 nitrogen and oxygen atoms in total. The molecule has 31 heavy (non-hydrogen) atoms. The summed E-state index contributed by atoms with van der Waals surface area (Å²) in [5, 5.41) is 10.1. The summed E-state index contributed by atoms with van der Waals surface area (Å²) < 4.78 is 33.0. The largest absolute Gasteiger partial charge is 0.494 e. The molecule has 0 aliphatic carbocycles. The van der Waals surface area contributed by atoms with Gasteiger partial charge in [-0.05, 0) is 68.3 Å². The number of aromatic carboxylic acids is 1. The number of carboxylic acid groups (broad SMARTS) is 1. The van der Waals surface area contributed by atoms with Crippen molar-refractivity contribution in [3.63, 3.8) is 0 Å². The van der Waals surface area contributed by atoms with E-state index in [1.165, 1.54) is 22.5 Å². The maximum atomic E-state index is 13.0. The second-order valence-corrected chi connectivity index (χ2v) is 9.40. The molecule has 0 amide bonds. The van der Waals surface area contributed by atoms with Gasteiger partial charge in [0.1, 0.15) is 5.75 Å². The van der Waals surface area contributed by atoms with Gasteiger partial charge in [0.15, 0.2) is 0 Å². The van der Waals surface area contributed by atoms with Crippen molar-refractivity contribution in [1.29, 1.82) is 0 Å². The topological polar surface area (TPSA) is 96.8 Å². The lowest BCUT2D eigenvalue weighted by Crippen LogP contribution is -2.35. The van der Waals surface area contributed by atoms with E-state index < -0.39 is 16.0 Å². The molecule has 1 N–H and O–H groups in total. The Morgan fingerprint density at radius 2 is 1.77 bits per heavy atom. The smallest absolute Gasteiger partial charge is 0.336 e. The molecule has 4 rings (SSSR count). The van der Waals surface area contributed by atoms with Crippen molar-refractivity contribution in [2.75, 3.05) is 19.7 Å². The van der Waals surface area contributed by atoms with Gasteiger partial charge in [-0.1, -0.05) is 6.42 Å². The third kappa shape index (κ3) is 4.26. The van der Waals surface area contributed by atoms with Crippen LogP contribution >= 0.6 is 0 Å². The summed E-state index contributed by atoms with van der Waals surface area (Å²) in [6.45, 7) is 3.43. The predicted octanol–water partition coefficient (Wildman–Crippen LogP) is 4.17. The van der Waals surface area contributed by atoms with Gasteiger partial charge in [-0.25, -0.2) is 18.2 Å². The van der Waals surface area contributed by atoms with Gasteiger partial charge in [0, 0.05) is 24.0 Å². The number of hydrogen-bond acceptors (Lipinski definition) is 5. The lowest BCUT2D eigenvalue weighted by molar-refractivity contribution is 0.0699. The van der Waals surface area contributed by atoms with Crippen LogP contribution < -0.4 is 4.74 Å².